The fourth-order valence-corrected chi connectivity index (χ4v) is 1.89. The average Bonchev–Trinajstić information content (AvgIpc) is 2.07. The molecule has 0 aliphatic heterocycles. The van der Waals surface area contributed by atoms with Crippen LogP contribution in [0.1, 0.15) is 27.2 Å². The Bertz CT molecular complexity index is 286. The number of nitrogens with one attached hydrogen (secondary N) is 1. The summed E-state index contributed by atoms with van der Waals surface area (Å²) in [5.74, 6) is 0.716. The molecule has 1 heterocycles. The van der Waals surface area contributed by atoms with Crippen LogP contribution in [0.5, 0.6) is 0 Å². The molecule has 0 bridgehead atoms. The molecule has 78 valence electrons. The summed E-state index contributed by atoms with van der Waals surface area (Å²) in [5.41, 5.74) is 1.07. The second-order valence-corrected chi connectivity index (χ2v) is 4.77. The van der Waals surface area contributed by atoms with E-state index < -0.39 is 0 Å². The molecule has 14 heavy (non-hydrogen) atoms. The van der Waals surface area contributed by atoms with Crippen molar-refractivity contribution in [3.05, 3.63) is 22.9 Å². The second kappa shape index (κ2) is 5.35. The summed E-state index contributed by atoms with van der Waals surface area (Å²) in [7, 11) is 0. The van der Waals surface area contributed by atoms with Gasteiger partial charge in [-0.05, 0) is 47.3 Å². The van der Waals surface area contributed by atoms with Gasteiger partial charge < -0.3 is 5.32 Å². The lowest BCUT2D eigenvalue weighted by atomic mass is 10.1. The molecule has 0 aromatic carbocycles. The molecular formula is C11H17BrN2. The summed E-state index contributed by atoms with van der Waals surface area (Å²) < 4.78 is 0.885. The van der Waals surface area contributed by atoms with E-state index in [4.69, 9.17) is 0 Å². The molecule has 0 aliphatic carbocycles. The number of pyridine rings is 1. The molecule has 1 unspecified atom stereocenters. The van der Waals surface area contributed by atoms with Crippen LogP contribution in [-0.4, -0.2) is 11.0 Å². The molecule has 1 aromatic heterocycles. The van der Waals surface area contributed by atoms with E-state index in [1.165, 1.54) is 6.42 Å². The average molecular weight is 257 g/mol. The van der Waals surface area contributed by atoms with Crippen LogP contribution in [0.4, 0.5) is 5.69 Å². The first-order valence-corrected chi connectivity index (χ1v) is 5.76. The molecule has 0 spiro atoms. The van der Waals surface area contributed by atoms with Crippen molar-refractivity contribution in [3.8, 4) is 0 Å². The van der Waals surface area contributed by atoms with Gasteiger partial charge in [0.1, 0.15) is 4.60 Å². The molecule has 0 aliphatic rings. The zero-order valence-corrected chi connectivity index (χ0v) is 10.5. The second-order valence-electron chi connectivity index (χ2n) is 4.02. The van der Waals surface area contributed by atoms with Gasteiger partial charge in [0.15, 0.2) is 0 Å². The van der Waals surface area contributed by atoms with Crippen LogP contribution >= 0.6 is 15.9 Å². The fourth-order valence-electron chi connectivity index (χ4n) is 1.53. The molecule has 1 aromatic rings. The Labute approximate surface area is 94.3 Å². The van der Waals surface area contributed by atoms with Crippen molar-refractivity contribution >= 4 is 21.6 Å². The van der Waals surface area contributed by atoms with Crippen molar-refractivity contribution < 1.29 is 0 Å². The largest absolute Gasteiger partial charge is 0.380 e. The van der Waals surface area contributed by atoms with Gasteiger partial charge in [-0.3, -0.25) is 0 Å². The minimum Gasteiger partial charge on any atom is -0.380 e. The molecule has 0 saturated heterocycles. The zero-order chi connectivity index (χ0) is 10.6. The third kappa shape index (κ3) is 3.66. The monoisotopic (exact) mass is 256 g/mol. The van der Waals surface area contributed by atoms with E-state index in [-0.39, 0.29) is 0 Å². The number of hydrogen-bond acceptors (Lipinski definition) is 2. The molecule has 2 nitrogen and oxygen atoms in total. The number of halogens is 1. The smallest absolute Gasteiger partial charge is 0.129 e. The molecule has 0 saturated carbocycles. The molecule has 0 amide bonds. The van der Waals surface area contributed by atoms with Crippen LogP contribution in [0.2, 0.25) is 0 Å². The van der Waals surface area contributed by atoms with Gasteiger partial charge in [0.2, 0.25) is 0 Å². The maximum Gasteiger partial charge on any atom is 0.129 e. The lowest BCUT2D eigenvalue weighted by Gasteiger charge is -2.17. The molecule has 1 rings (SSSR count). The van der Waals surface area contributed by atoms with Gasteiger partial charge >= 0.3 is 0 Å². The molecule has 3 heteroatoms. The predicted octanol–water partition coefficient (Wildman–Crippen LogP) is 3.69. The number of rotatable bonds is 4. The van der Waals surface area contributed by atoms with Crippen LogP contribution in [0, 0.1) is 5.92 Å². The van der Waals surface area contributed by atoms with Crippen molar-refractivity contribution in [2.45, 2.75) is 33.2 Å². The van der Waals surface area contributed by atoms with Crippen molar-refractivity contribution in [3.63, 3.8) is 0 Å². The lowest BCUT2D eigenvalue weighted by Crippen LogP contribution is -2.17. The van der Waals surface area contributed by atoms with Gasteiger partial charge in [-0.25, -0.2) is 4.98 Å². The maximum absolute atomic E-state index is 4.17. The van der Waals surface area contributed by atoms with Gasteiger partial charge in [0.25, 0.3) is 0 Å². The summed E-state index contributed by atoms with van der Waals surface area (Å²) in [4.78, 5) is 4.17. The molecule has 0 fully saturated rings. The Hall–Kier alpha value is -0.570. The standard InChI is InChI=1S/C11H17BrN2/c1-8(2)7-9(3)14-10-5-4-6-13-11(10)12/h4-6,8-9,14H,7H2,1-3H3. The number of aromatic nitrogens is 1. The van der Waals surface area contributed by atoms with Gasteiger partial charge in [-0.2, -0.15) is 0 Å². The first kappa shape index (κ1) is 11.5. The Morgan fingerprint density at radius 2 is 2.14 bits per heavy atom. The third-order valence-electron chi connectivity index (χ3n) is 1.99. The maximum atomic E-state index is 4.17. The van der Waals surface area contributed by atoms with Gasteiger partial charge in [0.05, 0.1) is 5.69 Å². The minimum atomic E-state index is 0.482. The van der Waals surface area contributed by atoms with E-state index in [2.05, 4.69) is 47.0 Å². The minimum absolute atomic E-state index is 0.482. The Kier molecular flexibility index (Phi) is 4.39. The summed E-state index contributed by atoms with van der Waals surface area (Å²) in [6.45, 7) is 6.66. The van der Waals surface area contributed by atoms with E-state index in [0.29, 0.717) is 12.0 Å². The topological polar surface area (TPSA) is 24.9 Å². The summed E-state index contributed by atoms with van der Waals surface area (Å²) >= 11 is 3.42. The highest BCUT2D eigenvalue weighted by molar-refractivity contribution is 9.10. The van der Waals surface area contributed by atoms with E-state index in [0.717, 1.165) is 10.3 Å². The van der Waals surface area contributed by atoms with Crippen LogP contribution in [0.3, 0.4) is 0 Å². The molecule has 0 radical (unpaired) electrons. The lowest BCUT2D eigenvalue weighted by molar-refractivity contribution is 0.539. The Morgan fingerprint density at radius 3 is 2.71 bits per heavy atom. The SMILES string of the molecule is CC(C)CC(C)Nc1cccnc1Br. The van der Waals surface area contributed by atoms with Crippen molar-refractivity contribution in [2.75, 3.05) is 5.32 Å². The van der Waals surface area contributed by atoms with Gasteiger partial charge in [0, 0.05) is 12.2 Å². The highest BCUT2D eigenvalue weighted by Gasteiger charge is 2.06. The van der Waals surface area contributed by atoms with Gasteiger partial charge in [-0.1, -0.05) is 13.8 Å². The number of anilines is 1. The quantitative estimate of drug-likeness (QED) is 0.832. The first-order valence-electron chi connectivity index (χ1n) is 4.96. The summed E-state index contributed by atoms with van der Waals surface area (Å²) in [5, 5.41) is 3.43. The summed E-state index contributed by atoms with van der Waals surface area (Å²) in [6, 6.07) is 4.46. The fraction of sp³-hybridized carbons (Fsp3) is 0.545. The van der Waals surface area contributed by atoms with E-state index in [1.54, 1.807) is 6.20 Å². The van der Waals surface area contributed by atoms with Crippen LogP contribution in [0.25, 0.3) is 0 Å². The van der Waals surface area contributed by atoms with Crippen molar-refractivity contribution in [1.82, 2.24) is 4.98 Å². The van der Waals surface area contributed by atoms with Crippen LogP contribution in [-0.2, 0) is 0 Å². The molecule has 1 atom stereocenters. The molecular weight excluding hydrogens is 240 g/mol. The normalized spacial score (nSPS) is 12.9. The predicted molar refractivity (Wildman–Crippen MR) is 64.5 cm³/mol. The highest BCUT2D eigenvalue weighted by atomic mass is 79.9. The Morgan fingerprint density at radius 1 is 1.43 bits per heavy atom. The van der Waals surface area contributed by atoms with Crippen LogP contribution in [0.15, 0.2) is 22.9 Å². The van der Waals surface area contributed by atoms with E-state index >= 15 is 0 Å². The number of nitrogens with zero attached hydrogens (tertiary/aromatic N) is 1. The molecule has 1 N–H and O–H groups in total. The summed E-state index contributed by atoms with van der Waals surface area (Å²) in [6.07, 6.45) is 2.95. The number of hydrogen-bond donors (Lipinski definition) is 1. The highest BCUT2D eigenvalue weighted by Crippen LogP contribution is 2.20. The van der Waals surface area contributed by atoms with E-state index in [1.807, 2.05) is 12.1 Å². The van der Waals surface area contributed by atoms with Crippen LogP contribution < -0.4 is 5.32 Å². The Balaban J connectivity index is 2.56. The van der Waals surface area contributed by atoms with Crippen molar-refractivity contribution in [1.29, 1.82) is 0 Å². The van der Waals surface area contributed by atoms with E-state index in [9.17, 15) is 0 Å². The zero-order valence-electron chi connectivity index (χ0n) is 8.92. The first-order chi connectivity index (χ1) is 6.59. The van der Waals surface area contributed by atoms with Crippen molar-refractivity contribution in [2.24, 2.45) is 5.92 Å². The third-order valence-corrected chi connectivity index (χ3v) is 2.62. The van der Waals surface area contributed by atoms with Gasteiger partial charge in [-0.15, -0.1) is 0 Å².